The lowest BCUT2D eigenvalue weighted by atomic mass is 10.2. The number of aryl methyl sites for hydroxylation is 1. The molecule has 2 heterocycles. The highest BCUT2D eigenvalue weighted by Crippen LogP contribution is 2.28. The van der Waals surface area contributed by atoms with Gasteiger partial charge in [0, 0.05) is 71.0 Å². The van der Waals surface area contributed by atoms with Crippen LogP contribution >= 0.6 is 11.8 Å². The van der Waals surface area contributed by atoms with Crippen molar-refractivity contribution in [1.82, 2.24) is 24.7 Å². The lowest BCUT2D eigenvalue weighted by molar-refractivity contribution is 0.0498. The highest BCUT2D eigenvalue weighted by Gasteiger charge is 2.18. The summed E-state index contributed by atoms with van der Waals surface area (Å²) < 4.78 is 13.4. The number of β-amino-alcohol motifs (C(OH)–C–C–N with tert-alkyl or cyclic N) is 1. The van der Waals surface area contributed by atoms with Gasteiger partial charge in [0.1, 0.15) is 12.7 Å². The van der Waals surface area contributed by atoms with Gasteiger partial charge in [0.2, 0.25) is 0 Å². The van der Waals surface area contributed by atoms with Gasteiger partial charge in [-0.15, -0.1) is 0 Å². The monoisotopic (exact) mass is 449 g/mol. The Balaban J connectivity index is 1.42. The van der Waals surface area contributed by atoms with Crippen molar-refractivity contribution >= 4 is 11.8 Å². The second-order valence-electron chi connectivity index (χ2n) is 7.90. The molecule has 2 aromatic rings. The summed E-state index contributed by atoms with van der Waals surface area (Å²) in [6, 6.07) is 5.94. The number of hydrogen-bond donors (Lipinski definition) is 2. The van der Waals surface area contributed by atoms with E-state index in [9.17, 15) is 5.11 Å². The first-order chi connectivity index (χ1) is 15.0. The average molecular weight is 450 g/mol. The van der Waals surface area contributed by atoms with Crippen LogP contribution in [0.2, 0.25) is 0 Å². The van der Waals surface area contributed by atoms with E-state index in [2.05, 4.69) is 27.1 Å². The summed E-state index contributed by atoms with van der Waals surface area (Å²) in [5.74, 6) is 2.30. The zero-order valence-corrected chi connectivity index (χ0v) is 19.6. The van der Waals surface area contributed by atoms with E-state index < -0.39 is 6.10 Å². The third kappa shape index (κ3) is 7.69. The van der Waals surface area contributed by atoms with E-state index in [0.29, 0.717) is 18.0 Å². The molecule has 0 spiro atoms. The van der Waals surface area contributed by atoms with Crippen LogP contribution in [-0.4, -0.2) is 96.3 Å². The number of nitrogens with one attached hydrogen (secondary N) is 1. The van der Waals surface area contributed by atoms with Crippen molar-refractivity contribution in [3.63, 3.8) is 0 Å². The second kappa shape index (κ2) is 12.3. The van der Waals surface area contributed by atoms with Crippen molar-refractivity contribution in [3.8, 4) is 11.5 Å². The first-order valence-electron chi connectivity index (χ1n) is 10.7. The number of aliphatic hydroxyl groups excluding tert-OH is 1. The van der Waals surface area contributed by atoms with Gasteiger partial charge in [-0.1, -0.05) is 17.8 Å². The third-order valence-corrected chi connectivity index (χ3v) is 6.40. The van der Waals surface area contributed by atoms with Gasteiger partial charge in [-0.2, -0.15) is 0 Å². The Morgan fingerprint density at radius 3 is 2.71 bits per heavy atom. The molecule has 1 unspecified atom stereocenters. The van der Waals surface area contributed by atoms with Gasteiger partial charge in [-0.05, 0) is 24.7 Å². The van der Waals surface area contributed by atoms with E-state index in [1.807, 2.05) is 42.2 Å². The van der Waals surface area contributed by atoms with Gasteiger partial charge in [0.05, 0.1) is 7.11 Å². The van der Waals surface area contributed by atoms with Gasteiger partial charge in [0.25, 0.3) is 0 Å². The number of aromatic nitrogens is 2. The third-order valence-electron chi connectivity index (χ3n) is 5.34. The molecular weight excluding hydrogens is 414 g/mol. The van der Waals surface area contributed by atoms with Crippen molar-refractivity contribution in [2.45, 2.75) is 17.8 Å². The number of imidazole rings is 1. The summed E-state index contributed by atoms with van der Waals surface area (Å²) in [5, 5.41) is 14.9. The van der Waals surface area contributed by atoms with Crippen LogP contribution in [0.5, 0.6) is 11.5 Å². The SMILES string of the molecule is COc1ccc(CNCCSc2nccn2C)cc1OCC(O)CN1CCN(C)CC1. The fourth-order valence-corrected chi connectivity index (χ4v) is 4.28. The van der Waals surface area contributed by atoms with Gasteiger partial charge in [-0.25, -0.2) is 4.98 Å². The van der Waals surface area contributed by atoms with Crippen LogP contribution in [0.3, 0.4) is 0 Å². The predicted octanol–water partition coefficient (Wildman–Crippen LogP) is 1.30. The maximum Gasteiger partial charge on any atom is 0.167 e. The Bertz CT molecular complexity index is 795. The summed E-state index contributed by atoms with van der Waals surface area (Å²) >= 11 is 1.73. The number of aliphatic hydroxyl groups is 1. The zero-order chi connectivity index (χ0) is 22.1. The molecule has 1 aromatic heterocycles. The Morgan fingerprint density at radius 2 is 2.00 bits per heavy atom. The van der Waals surface area contributed by atoms with Crippen molar-refractivity contribution in [2.24, 2.45) is 7.05 Å². The molecule has 1 atom stereocenters. The molecule has 31 heavy (non-hydrogen) atoms. The van der Waals surface area contributed by atoms with Crippen molar-refractivity contribution in [1.29, 1.82) is 0 Å². The standard InChI is InChI=1S/C22H35N5O3S/c1-25-9-11-27(12-10-25)16-19(28)17-30-21-14-18(4-5-20(21)29-3)15-23-7-13-31-22-24-6-8-26(22)2/h4-6,8,14,19,23,28H,7,9-13,15-17H2,1-3H3. The number of thioether (sulfide) groups is 1. The normalized spacial score (nSPS) is 16.4. The first kappa shape index (κ1) is 23.9. The summed E-state index contributed by atoms with van der Waals surface area (Å²) in [6.07, 6.45) is 3.24. The molecule has 0 amide bonds. The lowest BCUT2D eigenvalue weighted by Crippen LogP contribution is -2.47. The summed E-state index contributed by atoms with van der Waals surface area (Å²) in [5.41, 5.74) is 1.12. The van der Waals surface area contributed by atoms with Crippen molar-refractivity contribution in [2.75, 3.05) is 65.8 Å². The highest BCUT2D eigenvalue weighted by molar-refractivity contribution is 7.99. The van der Waals surface area contributed by atoms with Gasteiger partial charge in [0.15, 0.2) is 16.7 Å². The number of ether oxygens (including phenoxy) is 2. The number of nitrogens with zero attached hydrogens (tertiary/aromatic N) is 4. The van der Waals surface area contributed by atoms with E-state index in [1.54, 1.807) is 18.9 Å². The van der Waals surface area contributed by atoms with E-state index in [-0.39, 0.29) is 6.61 Å². The van der Waals surface area contributed by atoms with E-state index in [1.165, 1.54) is 0 Å². The minimum atomic E-state index is -0.530. The molecule has 8 nitrogen and oxygen atoms in total. The van der Waals surface area contributed by atoms with E-state index >= 15 is 0 Å². The average Bonchev–Trinajstić information content (AvgIpc) is 3.18. The highest BCUT2D eigenvalue weighted by atomic mass is 32.2. The molecular formula is C22H35N5O3S. The predicted molar refractivity (Wildman–Crippen MR) is 124 cm³/mol. The quantitative estimate of drug-likeness (QED) is 0.371. The Morgan fingerprint density at radius 1 is 1.19 bits per heavy atom. The Labute approximate surface area is 189 Å². The molecule has 0 saturated carbocycles. The molecule has 0 bridgehead atoms. The smallest absolute Gasteiger partial charge is 0.167 e. The molecule has 1 aliphatic heterocycles. The van der Waals surface area contributed by atoms with Crippen LogP contribution in [0.4, 0.5) is 0 Å². The molecule has 9 heteroatoms. The molecule has 1 aliphatic rings. The topological polar surface area (TPSA) is 75.0 Å². The van der Waals surface area contributed by atoms with Crippen LogP contribution in [0.1, 0.15) is 5.56 Å². The van der Waals surface area contributed by atoms with Crippen molar-refractivity contribution < 1.29 is 14.6 Å². The Kier molecular flexibility index (Phi) is 9.48. The van der Waals surface area contributed by atoms with Gasteiger partial charge in [-0.3, -0.25) is 4.90 Å². The number of piperazine rings is 1. The van der Waals surface area contributed by atoms with Crippen molar-refractivity contribution in [3.05, 3.63) is 36.2 Å². The van der Waals surface area contributed by atoms with Gasteiger partial charge >= 0.3 is 0 Å². The zero-order valence-electron chi connectivity index (χ0n) is 18.8. The summed E-state index contributed by atoms with van der Waals surface area (Å²) in [6.45, 7) is 6.54. The molecule has 0 aliphatic carbocycles. The number of benzene rings is 1. The van der Waals surface area contributed by atoms with Crippen LogP contribution in [-0.2, 0) is 13.6 Å². The molecule has 1 fully saturated rings. The van der Waals surface area contributed by atoms with Crippen LogP contribution < -0.4 is 14.8 Å². The van der Waals surface area contributed by atoms with E-state index in [0.717, 1.165) is 55.7 Å². The molecule has 0 radical (unpaired) electrons. The summed E-state index contributed by atoms with van der Waals surface area (Å²) in [7, 11) is 5.77. The molecule has 2 N–H and O–H groups in total. The fourth-order valence-electron chi connectivity index (χ4n) is 3.45. The molecule has 3 rings (SSSR count). The minimum Gasteiger partial charge on any atom is -0.493 e. The molecule has 1 aromatic carbocycles. The first-order valence-corrected chi connectivity index (χ1v) is 11.7. The summed E-state index contributed by atoms with van der Waals surface area (Å²) in [4.78, 5) is 8.91. The second-order valence-corrected chi connectivity index (χ2v) is 8.96. The largest absolute Gasteiger partial charge is 0.493 e. The molecule has 172 valence electrons. The number of likely N-dealkylation sites (N-methyl/N-ethyl adjacent to an activating group) is 1. The maximum atomic E-state index is 10.4. The maximum absolute atomic E-state index is 10.4. The van der Waals surface area contributed by atoms with Gasteiger partial charge < -0.3 is 29.4 Å². The van der Waals surface area contributed by atoms with Crippen LogP contribution in [0, 0.1) is 0 Å². The minimum absolute atomic E-state index is 0.250. The number of methoxy groups -OCH3 is 1. The lowest BCUT2D eigenvalue weighted by Gasteiger charge is -2.33. The molecule has 1 saturated heterocycles. The van der Waals surface area contributed by atoms with E-state index in [4.69, 9.17) is 9.47 Å². The fraction of sp³-hybridized carbons (Fsp3) is 0.591. The Hall–Kier alpha value is -1.78. The van der Waals surface area contributed by atoms with Crippen LogP contribution in [0.25, 0.3) is 0 Å². The van der Waals surface area contributed by atoms with Crippen LogP contribution in [0.15, 0.2) is 35.7 Å². The number of hydrogen-bond acceptors (Lipinski definition) is 8. The number of rotatable bonds is 12.